The molecule has 4 aromatic carbocycles. The van der Waals surface area contributed by atoms with Gasteiger partial charge in [0.15, 0.2) is 52.7 Å². The first-order valence-electron chi connectivity index (χ1n) is 25.5. The molecule has 0 aromatic heterocycles. The summed E-state index contributed by atoms with van der Waals surface area (Å²) in [6.45, 7) is -2.44. The van der Waals surface area contributed by atoms with E-state index in [0.29, 0.717) is 11.1 Å². The average molecular weight is 1190 g/mol. The van der Waals surface area contributed by atoms with Crippen molar-refractivity contribution in [2.24, 2.45) is 0 Å². The van der Waals surface area contributed by atoms with Crippen molar-refractivity contribution in [3.63, 3.8) is 0 Å². The number of benzene rings is 4. The summed E-state index contributed by atoms with van der Waals surface area (Å²) in [5.74, 6) is -4.94. The second-order valence-electron chi connectivity index (χ2n) is 19.3. The summed E-state index contributed by atoms with van der Waals surface area (Å²) in [4.78, 5) is 26.2. The number of aliphatic hydroxyl groups is 10. The van der Waals surface area contributed by atoms with Crippen LogP contribution >= 0.6 is 0 Å². The first-order chi connectivity index (χ1) is 40.1. The van der Waals surface area contributed by atoms with E-state index < -0.39 is 147 Å². The van der Waals surface area contributed by atoms with Crippen LogP contribution in [-0.2, 0) is 42.7 Å². The van der Waals surface area contributed by atoms with Gasteiger partial charge in [-0.2, -0.15) is 0 Å². The van der Waals surface area contributed by atoms with E-state index >= 15 is 0 Å². The first-order valence-corrected chi connectivity index (χ1v) is 25.5. The Bertz CT molecular complexity index is 3020. The molecule has 3 saturated heterocycles. The molecule has 29 nitrogen and oxygen atoms in total. The van der Waals surface area contributed by atoms with Gasteiger partial charge in [0, 0.05) is 24.3 Å². The summed E-state index contributed by atoms with van der Waals surface area (Å²) in [5.41, 5.74) is 0.655. The van der Waals surface area contributed by atoms with Crippen LogP contribution < -0.4 is 23.7 Å². The van der Waals surface area contributed by atoms with E-state index in [0.717, 1.165) is 30.4 Å². The Morgan fingerprint density at radius 1 is 0.536 bits per heavy atom. The smallest absolute Gasteiger partial charge is 0.330 e. The van der Waals surface area contributed by atoms with Gasteiger partial charge in [-0.05, 0) is 65.7 Å². The molecular weight excluding hydrogens is 1120 g/mol. The van der Waals surface area contributed by atoms with E-state index in [1.54, 1.807) is 0 Å². The largest absolute Gasteiger partial charge is 0.571 e. The fourth-order valence-electron chi connectivity index (χ4n) is 9.22. The van der Waals surface area contributed by atoms with Crippen molar-refractivity contribution in [2.75, 3.05) is 48.3 Å². The summed E-state index contributed by atoms with van der Waals surface area (Å²) in [5, 5.41) is 151. The summed E-state index contributed by atoms with van der Waals surface area (Å²) in [6, 6.07) is 11.3. The van der Waals surface area contributed by atoms with E-state index in [9.17, 15) is 81.1 Å². The van der Waals surface area contributed by atoms with Gasteiger partial charge in [-0.15, -0.1) is 0 Å². The fraction of sp³-hybridized carbons (Fsp3) is 0.418. The zero-order valence-electron chi connectivity index (χ0n) is 44.9. The summed E-state index contributed by atoms with van der Waals surface area (Å²) < 4.78 is 72.1. The second-order valence-corrected chi connectivity index (χ2v) is 19.3. The molecule has 0 saturated carbocycles. The first kappa shape index (κ1) is 62.2. The molecule has 0 amide bonds. The number of rotatable bonds is 20. The van der Waals surface area contributed by atoms with Crippen LogP contribution in [0.2, 0.25) is 0 Å². The van der Waals surface area contributed by atoms with Crippen LogP contribution in [0.4, 0.5) is 0 Å². The molecule has 15 N–H and O–H groups in total. The molecule has 0 radical (unpaired) electrons. The third-order valence-corrected chi connectivity index (χ3v) is 13.8. The third kappa shape index (κ3) is 13.5. The predicted molar refractivity (Wildman–Crippen MR) is 280 cm³/mol. The maximum atomic E-state index is 13.2. The van der Waals surface area contributed by atoms with Gasteiger partial charge in [0.05, 0.1) is 46.7 Å². The Labute approximate surface area is 476 Å². The van der Waals surface area contributed by atoms with Crippen molar-refractivity contribution in [1.29, 1.82) is 0 Å². The minimum atomic E-state index is -2.18. The number of aromatic hydroxyl groups is 6. The lowest BCUT2D eigenvalue weighted by Gasteiger charge is -2.46. The van der Waals surface area contributed by atoms with Gasteiger partial charge >= 0.3 is 11.9 Å². The van der Waals surface area contributed by atoms with E-state index in [4.69, 9.17) is 61.6 Å². The molecule has 0 bridgehead atoms. The van der Waals surface area contributed by atoms with Crippen LogP contribution in [0, 0.1) is 0 Å². The van der Waals surface area contributed by atoms with Crippen LogP contribution in [0.5, 0.6) is 63.2 Å². The molecule has 0 aliphatic carbocycles. The Kier molecular flexibility index (Phi) is 19.8. The standard InChI is InChI=1S/C55H62O29/c1-72-31-11-22(12-32(73-2)41(31)62)5-9-39(60)76-20-37-44(65)47(68)50(71)54(82-37)84-52-48(69)45(66)38(21-77-40(61)10-6-23-13-33(74-3)42(63)34(14-23)75-4)83-55(52)80-35-18-26-29(78-51(35)24-7-8-27(58)28(59)15-24)16-25(57)17-30(26)79-53-49(70)46(67)43(64)36(19-56)81-53/h5-18,36-38,43-59,62-71H,19-21H2,1-4H3/p+1/b9-5+,10-6+/t36-,37-,38-,43-,44-,45-,46+,47+,48+,49-,50-,51?,52-,53-,54+,55-/m1/s1. The predicted octanol–water partition coefficient (Wildman–Crippen LogP) is -1.07. The molecule has 1 unspecified atom stereocenters. The SMILES string of the molecule is COc1cc(/C=C/C(=O)OC[C@H]2O[C@@H](O[C@H]3[C@H](OC4=Cc5c(O[C@@H]6O[C@H](CO)[C@@H](O)[C@H](O)[C@H]6O)cc(O)cc5[OH+]C4c4ccc(O)c(O)c4)O[C@H](COC(=O)/C=C/c4cc(OC)c(O)c(OC)c4)[C@@H](O)[C@@H]3O)[C@H](O)[C@@H](O)[C@@H]2O)cc(OC)c1O. The maximum absolute atomic E-state index is 13.2. The molecule has 16 atom stereocenters. The molecule has 4 aromatic rings. The van der Waals surface area contributed by atoms with E-state index in [1.165, 1.54) is 83.1 Å². The lowest BCUT2D eigenvalue weighted by atomic mass is 9.97. The number of aliphatic hydroxyl groups excluding tert-OH is 9. The molecule has 84 heavy (non-hydrogen) atoms. The number of phenols is 5. The Balaban J connectivity index is 1.11. The molecule has 4 aliphatic rings. The highest BCUT2D eigenvalue weighted by atomic mass is 16.8. The van der Waals surface area contributed by atoms with Gasteiger partial charge in [-0.25, -0.2) is 9.59 Å². The highest BCUT2D eigenvalue weighted by Gasteiger charge is 2.53. The number of methoxy groups -OCH3 is 4. The average Bonchev–Trinajstić information content (AvgIpc) is 2.35. The molecule has 4 heterocycles. The molecule has 3 fully saturated rings. The Morgan fingerprint density at radius 2 is 1.02 bits per heavy atom. The highest BCUT2D eigenvalue weighted by molar-refractivity contribution is 5.88. The molecule has 29 heteroatoms. The minimum Gasteiger partial charge on any atom is -0.571 e. The quantitative estimate of drug-likeness (QED) is 0.0217. The van der Waals surface area contributed by atoms with Crippen molar-refractivity contribution in [3.05, 3.63) is 94.8 Å². The summed E-state index contributed by atoms with van der Waals surface area (Å²) >= 11 is 0. The fourth-order valence-corrected chi connectivity index (χ4v) is 9.22. The lowest BCUT2D eigenvalue weighted by Crippen LogP contribution is -2.64. The molecule has 8 rings (SSSR count). The Hall–Kier alpha value is -7.88. The van der Waals surface area contributed by atoms with E-state index in [1.807, 2.05) is 0 Å². The number of ether oxygens (including phenoxy) is 13. The minimum absolute atomic E-state index is 0.0117. The number of fused-ring (bicyclic) bond motifs is 1. The van der Waals surface area contributed by atoms with Gasteiger partial charge in [-0.1, -0.05) is 0 Å². The van der Waals surface area contributed by atoms with Gasteiger partial charge in [-0.3, -0.25) is 0 Å². The third-order valence-electron chi connectivity index (χ3n) is 13.8. The van der Waals surface area contributed by atoms with Crippen LogP contribution in [-0.4, -0.2) is 229 Å². The number of carbonyl (C=O) groups excluding carboxylic acids is 2. The summed E-state index contributed by atoms with van der Waals surface area (Å²) in [7, 11) is 5.18. The Morgan fingerprint density at radius 3 is 1.54 bits per heavy atom. The molecule has 4 aliphatic heterocycles. The van der Waals surface area contributed by atoms with Crippen molar-refractivity contribution in [2.45, 2.75) is 98.2 Å². The van der Waals surface area contributed by atoms with Crippen molar-refractivity contribution >= 4 is 30.2 Å². The van der Waals surface area contributed by atoms with Gasteiger partial charge in [0.2, 0.25) is 24.1 Å². The van der Waals surface area contributed by atoms with Crippen molar-refractivity contribution in [3.8, 4) is 63.2 Å². The van der Waals surface area contributed by atoms with E-state index in [-0.39, 0.29) is 62.9 Å². The maximum Gasteiger partial charge on any atom is 0.330 e. The normalized spacial score (nSPS) is 29.5. The zero-order valence-corrected chi connectivity index (χ0v) is 44.9. The zero-order chi connectivity index (χ0) is 60.8. The van der Waals surface area contributed by atoms with Crippen LogP contribution in [0.1, 0.15) is 28.4 Å². The van der Waals surface area contributed by atoms with Gasteiger partial charge < -0.3 is 133 Å². The molecule has 0 spiro atoms. The van der Waals surface area contributed by atoms with Gasteiger partial charge in [0.1, 0.15) is 97.4 Å². The monoisotopic (exact) mass is 1190 g/mol. The van der Waals surface area contributed by atoms with Crippen molar-refractivity contribution < 1.29 is 143 Å². The second kappa shape index (κ2) is 26.8. The number of carbonyl (C=O) groups is 2. The number of hydrogen-bond donors (Lipinski definition) is 14. The van der Waals surface area contributed by atoms with Gasteiger partial charge in [0.25, 0.3) is 11.9 Å². The van der Waals surface area contributed by atoms with Crippen LogP contribution in [0.3, 0.4) is 0 Å². The molecular formula is C55H63O29+. The van der Waals surface area contributed by atoms with E-state index in [2.05, 4.69) is 0 Å². The number of phenolic OH excluding ortho intramolecular Hbond substituents is 5. The van der Waals surface area contributed by atoms with Crippen molar-refractivity contribution in [1.82, 2.24) is 0 Å². The molecule has 456 valence electrons. The summed E-state index contributed by atoms with van der Waals surface area (Å²) in [6.07, 6.45) is -24.5. The number of esters is 2. The lowest BCUT2D eigenvalue weighted by molar-refractivity contribution is -0.364. The van der Waals surface area contributed by atoms with Crippen LogP contribution in [0.15, 0.2) is 72.5 Å². The van der Waals surface area contributed by atoms with Crippen LogP contribution in [0.25, 0.3) is 18.2 Å². The highest BCUT2D eigenvalue weighted by Crippen LogP contribution is 2.48. The topological polar surface area (TPSA) is 441 Å². The number of hydrogen-bond acceptors (Lipinski definition) is 28.